The fraction of sp³-hybridized carbons (Fsp3) is 0.188. The lowest BCUT2D eigenvalue weighted by Gasteiger charge is -2.18. The molecule has 0 bridgehead atoms. The third kappa shape index (κ3) is 3.59. The lowest BCUT2D eigenvalue weighted by molar-refractivity contribution is 0.102. The Kier molecular flexibility index (Phi) is 4.74. The molecular weight excluding hydrogens is 250 g/mol. The van der Waals surface area contributed by atoms with E-state index in [9.17, 15) is 4.79 Å². The highest BCUT2D eigenvalue weighted by molar-refractivity contribution is 6.04. The maximum Gasteiger partial charge on any atom is 0.255 e. The summed E-state index contributed by atoms with van der Waals surface area (Å²) in [6.07, 6.45) is 0. The molecule has 0 atom stereocenters. The summed E-state index contributed by atoms with van der Waals surface area (Å²) in [6, 6.07) is 16.9. The summed E-state index contributed by atoms with van der Waals surface area (Å²) in [5.41, 5.74) is 8.04. The van der Waals surface area contributed by atoms with Crippen LogP contribution >= 0.6 is 0 Å². The van der Waals surface area contributed by atoms with Gasteiger partial charge in [-0.25, -0.2) is 0 Å². The van der Waals surface area contributed by atoms with Gasteiger partial charge in [0.1, 0.15) is 0 Å². The number of hydrogen-bond acceptors (Lipinski definition) is 3. The maximum absolute atomic E-state index is 12.0. The van der Waals surface area contributed by atoms with Gasteiger partial charge >= 0.3 is 0 Å². The topological polar surface area (TPSA) is 58.4 Å². The van der Waals surface area contributed by atoms with Crippen LogP contribution in [0.4, 0.5) is 11.4 Å². The van der Waals surface area contributed by atoms with Crippen molar-refractivity contribution in [2.75, 3.05) is 30.4 Å². The second-order valence-electron chi connectivity index (χ2n) is 4.58. The highest BCUT2D eigenvalue weighted by atomic mass is 16.1. The molecule has 104 valence electrons. The first-order valence-electron chi connectivity index (χ1n) is 6.58. The molecule has 0 saturated heterocycles. The minimum absolute atomic E-state index is 0.103. The fourth-order valence-electron chi connectivity index (χ4n) is 1.91. The van der Waals surface area contributed by atoms with Gasteiger partial charge in [-0.15, -0.1) is 0 Å². The first-order chi connectivity index (χ1) is 9.70. The van der Waals surface area contributed by atoms with Crippen molar-refractivity contribution in [3.8, 4) is 0 Å². The van der Waals surface area contributed by atoms with E-state index in [0.29, 0.717) is 12.1 Å². The molecule has 0 heterocycles. The monoisotopic (exact) mass is 269 g/mol. The molecule has 4 heteroatoms. The summed E-state index contributed by atoms with van der Waals surface area (Å²) >= 11 is 0. The van der Waals surface area contributed by atoms with Gasteiger partial charge in [0, 0.05) is 37.1 Å². The van der Waals surface area contributed by atoms with Crippen molar-refractivity contribution in [2.45, 2.75) is 0 Å². The van der Waals surface area contributed by atoms with Gasteiger partial charge in [-0.05, 0) is 36.4 Å². The SMILES string of the molecule is CN(CCN)c1ccc(NC(=O)c2ccccc2)cc1. The van der Waals surface area contributed by atoms with E-state index in [1.54, 1.807) is 12.1 Å². The highest BCUT2D eigenvalue weighted by Crippen LogP contribution is 2.17. The normalized spacial score (nSPS) is 10.1. The number of nitrogens with two attached hydrogens (primary N) is 1. The zero-order valence-corrected chi connectivity index (χ0v) is 11.5. The van der Waals surface area contributed by atoms with Gasteiger partial charge in [0.25, 0.3) is 5.91 Å². The van der Waals surface area contributed by atoms with Gasteiger partial charge in [0.15, 0.2) is 0 Å². The number of benzene rings is 2. The number of hydrogen-bond donors (Lipinski definition) is 2. The molecule has 2 aromatic carbocycles. The Morgan fingerprint density at radius 1 is 1.10 bits per heavy atom. The summed E-state index contributed by atoms with van der Waals surface area (Å²) < 4.78 is 0. The summed E-state index contributed by atoms with van der Waals surface area (Å²) in [5, 5.41) is 2.87. The second kappa shape index (κ2) is 6.73. The van der Waals surface area contributed by atoms with Crippen LogP contribution in [0.2, 0.25) is 0 Å². The molecule has 0 unspecified atom stereocenters. The standard InChI is InChI=1S/C16H19N3O/c1-19(12-11-17)15-9-7-14(8-10-15)18-16(20)13-5-3-2-4-6-13/h2-10H,11-12,17H2,1H3,(H,18,20). The Hall–Kier alpha value is -2.33. The Morgan fingerprint density at radius 2 is 1.75 bits per heavy atom. The average molecular weight is 269 g/mol. The Balaban J connectivity index is 2.02. The molecule has 0 aromatic heterocycles. The molecule has 1 amide bonds. The van der Waals surface area contributed by atoms with Crippen LogP contribution in [0, 0.1) is 0 Å². The zero-order chi connectivity index (χ0) is 14.4. The Labute approximate surface area is 119 Å². The number of amides is 1. The zero-order valence-electron chi connectivity index (χ0n) is 11.5. The number of anilines is 2. The molecule has 0 aliphatic carbocycles. The molecule has 0 saturated carbocycles. The largest absolute Gasteiger partial charge is 0.373 e. The number of likely N-dealkylation sites (N-methyl/N-ethyl adjacent to an activating group) is 1. The Bertz CT molecular complexity index is 552. The molecule has 2 aromatic rings. The van der Waals surface area contributed by atoms with Crippen LogP contribution < -0.4 is 16.0 Å². The van der Waals surface area contributed by atoms with Crippen molar-refractivity contribution in [1.29, 1.82) is 0 Å². The van der Waals surface area contributed by atoms with E-state index >= 15 is 0 Å². The van der Waals surface area contributed by atoms with Crippen molar-refractivity contribution in [1.82, 2.24) is 0 Å². The molecule has 0 aliphatic rings. The molecular formula is C16H19N3O. The molecule has 2 rings (SSSR count). The van der Waals surface area contributed by atoms with Crippen molar-refractivity contribution in [2.24, 2.45) is 5.73 Å². The van der Waals surface area contributed by atoms with Gasteiger partial charge in [-0.2, -0.15) is 0 Å². The van der Waals surface area contributed by atoms with Crippen LogP contribution in [0.1, 0.15) is 10.4 Å². The first-order valence-corrected chi connectivity index (χ1v) is 6.58. The molecule has 20 heavy (non-hydrogen) atoms. The van der Waals surface area contributed by atoms with Crippen molar-refractivity contribution < 1.29 is 4.79 Å². The quantitative estimate of drug-likeness (QED) is 0.876. The van der Waals surface area contributed by atoms with E-state index in [0.717, 1.165) is 17.9 Å². The molecule has 0 fully saturated rings. The number of nitrogens with zero attached hydrogens (tertiary/aromatic N) is 1. The van der Waals surface area contributed by atoms with Gasteiger partial charge in [0.05, 0.1) is 0 Å². The smallest absolute Gasteiger partial charge is 0.255 e. The second-order valence-corrected chi connectivity index (χ2v) is 4.58. The van der Waals surface area contributed by atoms with E-state index in [2.05, 4.69) is 10.2 Å². The van der Waals surface area contributed by atoms with E-state index < -0.39 is 0 Å². The van der Waals surface area contributed by atoms with E-state index in [4.69, 9.17) is 5.73 Å². The molecule has 0 aliphatic heterocycles. The van der Waals surface area contributed by atoms with Crippen molar-refractivity contribution in [3.05, 3.63) is 60.2 Å². The maximum atomic E-state index is 12.0. The first kappa shape index (κ1) is 14.1. The summed E-state index contributed by atoms with van der Waals surface area (Å²) in [5.74, 6) is -0.103. The van der Waals surface area contributed by atoms with Crippen molar-refractivity contribution in [3.63, 3.8) is 0 Å². The molecule has 4 nitrogen and oxygen atoms in total. The Morgan fingerprint density at radius 3 is 2.35 bits per heavy atom. The lowest BCUT2D eigenvalue weighted by Crippen LogP contribution is -2.24. The van der Waals surface area contributed by atoms with Crippen LogP contribution in [0.3, 0.4) is 0 Å². The summed E-state index contributed by atoms with van der Waals surface area (Å²) in [6.45, 7) is 1.42. The van der Waals surface area contributed by atoms with E-state index in [1.807, 2.05) is 49.5 Å². The van der Waals surface area contributed by atoms with Crippen LogP contribution in [-0.4, -0.2) is 26.0 Å². The summed E-state index contributed by atoms with van der Waals surface area (Å²) in [7, 11) is 1.99. The third-order valence-corrected chi connectivity index (χ3v) is 3.07. The number of carbonyl (C=O) groups is 1. The molecule has 3 N–H and O–H groups in total. The van der Waals surface area contributed by atoms with Gasteiger partial charge in [-0.3, -0.25) is 4.79 Å². The fourth-order valence-corrected chi connectivity index (χ4v) is 1.91. The van der Waals surface area contributed by atoms with Gasteiger partial charge < -0.3 is 16.0 Å². The van der Waals surface area contributed by atoms with Crippen LogP contribution in [0.15, 0.2) is 54.6 Å². The average Bonchev–Trinajstić information content (AvgIpc) is 2.49. The van der Waals surface area contributed by atoms with E-state index in [1.165, 1.54) is 0 Å². The highest BCUT2D eigenvalue weighted by Gasteiger charge is 2.05. The minimum Gasteiger partial charge on any atom is -0.373 e. The number of carbonyl (C=O) groups excluding carboxylic acids is 1. The minimum atomic E-state index is -0.103. The van der Waals surface area contributed by atoms with Crippen LogP contribution in [0.5, 0.6) is 0 Å². The van der Waals surface area contributed by atoms with Crippen molar-refractivity contribution >= 4 is 17.3 Å². The lowest BCUT2D eigenvalue weighted by atomic mass is 10.2. The number of rotatable bonds is 5. The third-order valence-electron chi connectivity index (χ3n) is 3.07. The molecule has 0 spiro atoms. The van der Waals surface area contributed by atoms with Crippen LogP contribution in [0.25, 0.3) is 0 Å². The molecule has 0 radical (unpaired) electrons. The number of nitrogens with one attached hydrogen (secondary N) is 1. The van der Waals surface area contributed by atoms with Crippen LogP contribution in [-0.2, 0) is 0 Å². The van der Waals surface area contributed by atoms with Gasteiger partial charge in [-0.1, -0.05) is 18.2 Å². The van der Waals surface area contributed by atoms with Gasteiger partial charge in [0.2, 0.25) is 0 Å². The predicted octanol–water partition coefficient (Wildman–Crippen LogP) is 2.33. The summed E-state index contributed by atoms with van der Waals surface area (Å²) in [4.78, 5) is 14.1. The predicted molar refractivity (Wildman–Crippen MR) is 83.2 cm³/mol. The van der Waals surface area contributed by atoms with E-state index in [-0.39, 0.29) is 5.91 Å².